The van der Waals surface area contributed by atoms with Gasteiger partial charge in [-0.25, -0.2) is 0 Å². The van der Waals surface area contributed by atoms with Crippen LogP contribution < -0.4 is 5.32 Å². The van der Waals surface area contributed by atoms with E-state index in [0.29, 0.717) is 11.4 Å². The highest BCUT2D eigenvalue weighted by Crippen LogP contribution is 2.29. The summed E-state index contributed by atoms with van der Waals surface area (Å²) in [6.45, 7) is 3.98. The Morgan fingerprint density at radius 3 is 2.14 bits per heavy atom. The van der Waals surface area contributed by atoms with Gasteiger partial charge in [-0.3, -0.25) is 9.59 Å². The second-order valence-corrected chi connectivity index (χ2v) is 6.92. The third kappa shape index (κ3) is 3.32. The topological polar surface area (TPSA) is 50.6 Å². The van der Waals surface area contributed by atoms with Crippen molar-refractivity contribution in [3.63, 3.8) is 0 Å². The lowest BCUT2D eigenvalue weighted by atomic mass is 10.0. The Kier molecular flexibility index (Phi) is 4.53. The molecule has 0 aliphatic heterocycles. The van der Waals surface area contributed by atoms with Gasteiger partial charge in [0.15, 0.2) is 0 Å². The lowest BCUT2D eigenvalue weighted by Gasteiger charge is -2.08. The maximum Gasteiger partial charge on any atom is 0.298 e. The monoisotopic (exact) mass is 368 g/mol. The van der Waals surface area contributed by atoms with E-state index in [1.165, 1.54) is 0 Å². The molecule has 138 valence electrons. The van der Waals surface area contributed by atoms with E-state index in [1.807, 2.05) is 74.5 Å². The molecule has 0 spiro atoms. The molecule has 0 saturated carbocycles. The van der Waals surface area contributed by atoms with Gasteiger partial charge in [-0.1, -0.05) is 53.6 Å². The lowest BCUT2D eigenvalue weighted by Crippen LogP contribution is -2.24. The zero-order valence-electron chi connectivity index (χ0n) is 15.8. The molecular formula is C24H20N2O2. The van der Waals surface area contributed by atoms with E-state index in [0.717, 1.165) is 27.8 Å². The first-order valence-electron chi connectivity index (χ1n) is 9.12. The van der Waals surface area contributed by atoms with Gasteiger partial charge in [-0.2, -0.15) is 0 Å². The van der Waals surface area contributed by atoms with Crippen molar-refractivity contribution in [1.29, 1.82) is 0 Å². The molecule has 2 heterocycles. The summed E-state index contributed by atoms with van der Waals surface area (Å²) in [6, 6.07) is 22.9. The van der Waals surface area contributed by atoms with Crippen LogP contribution in [0, 0.1) is 13.8 Å². The number of hydrogen-bond acceptors (Lipinski definition) is 2. The molecule has 0 saturated heterocycles. The van der Waals surface area contributed by atoms with Crippen molar-refractivity contribution in [3.05, 3.63) is 95.8 Å². The molecule has 4 rings (SSSR count). The number of nitrogens with zero attached hydrogens (tertiary/aromatic N) is 1. The Morgan fingerprint density at radius 2 is 1.46 bits per heavy atom. The molecule has 4 aromatic rings. The number of hydrogen-bond donors (Lipinski definition) is 1. The summed E-state index contributed by atoms with van der Waals surface area (Å²) < 4.78 is 1.77. The number of benzene rings is 2. The molecule has 4 nitrogen and oxygen atoms in total. The number of fused-ring (bicyclic) bond motifs is 1. The van der Waals surface area contributed by atoms with Crippen LogP contribution in [-0.4, -0.2) is 16.1 Å². The Balaban J connectivity index is 1.76. The fraction of sp³-hybridized carbons (Fsp3) is 0.0833. The molecule has 1 N–H and O–H groups in total. The minimum atomic E-state index is -0.652. The number of pyridine rings is 1. The quantitative estimate of drug-likeness (QED) is 0.405. The van der Waals surface area contributed by atoms with Gasteiger partial charge in [-0.15, -0.1) is 0 Å². The average molecular weight is 368 g/mol. The Hall–Kier alpha value is -3.66. The first-order valence-corrected chi connectivity index (χ1v) is 9.12. The Bertz CT molecular complexity index is 1170. The molecule has 0 radical (unpaired) electrons. The minimum Gasteiger partial charge on any atom is -0.319 e. The van der Waals surface area contributed by atoms with Gasteiger partial charge in [0, 0.05) is 23.0 Å². The SMILES string of the molecule is Cc1ccc(NC(=O)C(=O)c2c(-c3ccc(C)cc3)cc3ccccn23)cc1. The summed E-state index contributed by atoms with van der Waals surface area (Å²) in [5.41, 5.74) is 5.70. The van der Waals surface area contributed by atoms with Gasteiger partial charge in [0.2, 0.25) is 0 Å². The molecule has 0 unspecified atom stereocenters. The van der Waals surface area contributed by atoms with Crippen LogP contribution in [0.25, 0.3) is 16.6 Å². The molecule has 0 bridgehead atoms. The summed E-state index contributed by atoms with van der Waals surface area (Å²) >= 11 is 0. The standard InChI is InChI=1S/C24H20N2O2/c1-16-6-10-18(11-7-16)21-15-20-5-3-4-14-26(20)22(21)23(27)24(28)25-19-12-8-17(2)9-13-19/h3-15H,1-2H3,(H,25,28). The predicted molar refractivity (Wildman–Crippen MR) is 112 cm³/mol. The number of Topliss-reactive ketones (excluding diaryl/α,β-unsaturated/α-hetero) is 1. The summed E-state index contributed by atoms with van der Waals surface area (Å²) in [4.78, 5) is 25.8. The van der Waals surface area contributed by atoms with Crippen molar-refractivity contribution in [2.45, 2.75) is 13.8 Å². The van der Waals surface area contributed by atoms with Crippen molar-refractivity contribution in [3.8, 4) is 11.1 Å². The highest BCUT2D eigenvalue weighted by atomic mass is 16.2. The second-order valence-electron chi connectivity index (χ2n) is 6.92. The van der Waals surface area contributed by atoms with Gasteiger partial charge in [-0.05, 0) is 49.7 Å². The van der Waals surface area contributed by atoms with Crippen molar-refractivity contribution in [2.75, 3.05) is 5.32 Å². The third-order valence-corrected chi connectivity index (χ3v) is 4.77. The number of aromatic nitrogens is 1. The van der Waals surface area contributed by atoms with Crippen LogP contribution in [0.3, 0.4) is 0 Å². The van der Waals surface area contributed by atoms with Crippen molar-refractivity contribution in [2.24, 2.45) is 0 Å². The number of ketones is 1. The molecule has 0 aliphatic carbocycles. The molecule has 1 amide bonds. The number of aryl methyl sites for hydroxylation is 2. The molecule has 4 heteroatoms. The van der Waals surface area contributed by atoms with Gasteiger partial charge in [0.1, 0.15) is 5.69 Å². The van der Waals surface area contributed by atoms with Crippen LogP contribution in [0.4, 0.5) is 5.69 Å². The minimum absolute atomic E-state index is 0.365. The van der Waals surface area contributed by atoms with E-state index in [2.05, 4.69) is 5.32 Å². The van der Waals surface area contributed by atoms with Crippen molar-refractivity contribution in [1.82, 2.24) is 4.40 Å². The highest BCUT2D eigenvalue weighted by Gasteiger charge is 2.24. The molecule has 28 heavy (non-hydrogen) atoms. The van der Waals surface area contributed by atoms with Gasteiger partial charge < -0.3 is 9.72 Å². The molecule has 0 atom stereocenters. The highest BCUT2D eigenvalue weighted by molar-refractivity contribution is 6.47. The average Bonchev–Trinajstić information content (AvgIpc) is 3.09. The normalized spacial score (nSPS) is 10.8. The molecule has 2 aromatic heterocycles. The van der Waals surface area contributed by atoms with E-state index < -0.39 is 11.7 Å². The maximum atomic E-state index is 13.1. The zero-order valence-corrected chi connectivity index (χ0v) is 15.8. The van der Waals surface area contributed by atoms with Gasteiger partial charge >= 0.3 is 0 Å². The zero-order chi connectivity index (χ0) is 19.7. The number of anilines is 1. The van der Waals surface area contributed by atoms with E-state index in [1.54, 1.807) is 22.7 Å². The van der Waals surface area contributed by atoms with Crippen LogP contribution >= 0.6 is 0 Å². The maximum absolute atomic E-state index is 13.1. The lowest BCUT2D eigenvalue weighted by molar-refractivity contribution is -0.112. The number of amides is 1. The number of nitrogens with one attached hydrogen (secondary N) is 1. The van der Waals surface area contributed by atoms with E-state index in [-0.39, 0.29) is 0 Å². The van der Waals surface area contributed by atoms with Crippen molar-refractivity contribution >= 4 is 22.9 Å². The molecule has 0 fully saturated rings. The van der Waals surface area contributed by atoms with E-state index >= 15 is 0 Å². The van der Waals surface area contributed by atoms with Crippen LogP contribution in [-0.2, 0) is 4.79 Å². The first-order chi connectivity index (χ1) is 13.5. The van der Waals surface area contributed by atoms with Crippen LogP contribution in [0.5, 0.6) is 0 Å². The smallest absolute Gasteiger partial charge is 0.298 e. The molecule has 0 aliphatic rings. The number of carbonyl (C=O) groups excluding carboxylic acids is 2. The molecular weight excluding hydrogens is 348 g/mol. The number of rotatable bonds is 4. The van der Waals surface area contributed by atoms with Crippen LogP contribution in [0.2, 0.25) is 0 Å². The number of carbonyl (C=O) groups is 2. The third-order valence-electron chi connectivity index (χ3n) is 4.77. The largest absolute Gasteiger partial charge is 0.319 e. The summed E-state index contributed by atoms with van der Waals surface area (Å²) in [6.07, 6.45) is 1.80. The van der Waals surface area contributed by atoms with Crippen LogP contribution in [0.15, 0.2) is 79.0 Å². The van der Waals surface area contributed by atoms with Crippen LogP contribution in [0.1, 0.15) is 21.6 Å². The van der Waals surface area contributed by atoms with E-state index in [9.17, 15) is 9.59 Å². The molecule has 2 aromatic carbocycles. The summed E-state index contributed by atoms with van der Waals surface area (Å²) in [5, 5.41) is 2.71. The summed E-state index contributed by atoms with van der Waals surface area (Å²) in [7, 11) is 0. The Morgan fingerprint density at radius 1 is 0.821 bits per heavy atom. The predicted octanol–water partition coefficient (Wildman–Crippen LogP) is 5.04. The first kappa shape index (κ1) is 17.7. The fourth-order valence-corrected chi connectivity index (χ4v) is 3.24. The van der Waals surface area contributed by atoms with Crippen molar-refractivity contribution < 1.29 is 9.59 Å². The summed E-state index contributed by atoms with van der Waals surface area (Å²) in [5.74, 6) is -1.22. The van der Waals surface area contributed by atoms with Gasteiger partial charge in [0.25, 0.3) is 11.7 Å². The van der Waals surface area contributed by atoms with Gasteiger partial charge in [0.05, 0.1) is 0 Å². The van der Waals surface area contributed by atoms with E-state index in [4.69, 9.17) is 0 Å². The second kappa shape index (κ2) is 7.16. The Labute approximate surface area is 163 Å². The fourth-order valence-electron chi connectivity index (χ4n) is 3.24.